The molecule has 290 valence electrons. The molecular formula is C41H69N3O6S. The number of ether oxygens (including phenoxy) is 1. The van der Waals surface area contributed by atoms with Gasteiger partial charge in [-0.05, 0) is 168 Å². The van der Waals surface area contributed by atoms with Crippen LogP contribution in [0.5, 0.6) is 0 Å². The number of nitrogens with one attached hydrogen (secondary N) is 2. The summed E-state index contributed by atoms with van der Waals surface area (Å²) in [5.41, 5.74) is 6.06. The molecule has 51 heavy (non-hydrogen) atoms. The molecule has 0 heterocycles. The molecule has 1 aromatic carbocycles. The molecule has 0 radical (unpaired) electrons. The van der Waals surface area contributed by atoms with E-state index in [1.807, 2.05) is 25.1 Å². The molecule has 11 atom stereocenters. The van der Waals surface area contributed by atoms with Crippen LogP contribution in [0.15, 0.2) is 30.3 Å². The lowest BCUT2D eigenvalue weighted by Gasteiger charge is -2.63. The number of carbonyl (C=O) groups is 1. The van der Waals surface area contributed by atoms with E-state index in [0.717, 1.165) is 96.8 Å². The molecule has 9 nitrogen and oxygen atoms in total. The van der Waals surface area contributed by atoms with E-state index in [0.29, 0.717) is 23.4 Å². The minimum Gasteiger partial charge on any atom is -0.458 e. The van der Waals surface area contributed by atoms with E-state index in [-0.39, 0.29) is 59.4 Å². The Bertz CT molecular complexity index is 1610. The fraction of sp³-hybridized carbons (Fsp3) is 0.829. The number of esters is 1. The predicted octanol–water partition coefficient (Wildman–Crippen LogP) is 7.42. The summed E-state index contributed by atoms with van der Waals surface area (Å²) in [4.78, 5) is 13.8. The lowest BCUT2D eigenvalue weighted by Crippen LogP contribution is -2.60. The van der Waals surface area contributed by atoms with Gasteiger partial charge in [0.15, 0.2) is 0 Å². The number of hydrogen-bond acceptors (Lipinski definition) is 8. The van der Waals surface area contributed by atoms with Crippen molar-refractivity contribution >= 4 is 16.4 Å². The van der Waals surface area contributed by atoms with Crippen LogP contribution in [-0.4, -0.2) is 63.4 Å². The van der Waals surface area contributed by atoms with E-state index in [1.165, 1.54) is 0 Å². The smallest absolute Gasteiger partial charge is 0.397 e. The Hall–Kier alpha value is -1.56. The minimum absolute atomic E-state index is 0.0937. The number of rotatable bonds is 18. The van der Waals surface area contributed by atoms with E-state index in [9.17, 15) is 17.8 Å². The topological polar surface area (TPSA) is 140 Å². The van der Waals surface area contributed by atoms with E-state index < -0.39 is 36.1 Å². The van der Waals surface area contributed by atoms with Crippen LogP contribution in [0.1, 0.15) is 138 Å². The van der Waals surface area contributed by atoms with Gasteiger partial charge in [-0.2, -0.15) is 8.42 Å². The Balaban J connectivity index is 1.34. The van der Waals surface area contributed by atoms with Crippen LogP contribution in [0.25, 0.3) is 0 Å². The maximum absolute atomic E-state index is 13.8. The average Bonchev–Trinajstić information content (AvgIpc) is 3.50. The van der Waals surface area contributed by atoms with E-state index in [4.69, 9.17) is 24.2 Å². The van der Waals surface area contributed by atoms with Crippen LogP contribution in [0.4, 0.5) is 0 Å². The second-order valence-corrected chi connectivity index (χ2v) is 17.8. The predicted molar refractivity (Wildman–Crippen MR) is 203 cm³/mol. The maximum Gasteiger partial charge on any atom is 0.397 e. The normalized spacial score (nSPS) is 37.4. The van der Waals surface area contributed by atoms with Crippen molar-refractivity contribution in [2.45, 2.75) is 136 Å². The molecule has 0 bridgehead atoms. The second-order valence-electron chi connectivity index (χ2n) is 16.8. The number of benzene rings is 1. The number of unbranched alkanes of at least 4 members (excludes halogenated alkanes) is 1. The average molecular weight is 739 g/mol. The zero-order chi connectivity index (χ0) is 42.7. The summed E-state index contributed by atoms with van der Waals surface area (Å²) in [6.45, 7) is 3.58. The summed E-state index contributed by atoms with van der Waals surface area (Å²) in [6.07, 6.45) is 8.37. The summed E-state index contributed by atoms with van der Waals surface area (Å²) in [6, 6.07) is 9.57. The van der Waals surface area contributed by atoms with Crippen molar-refractivity contribution < 1.29 is 36.3 Å². The van der Waals surface area contributed by atoms with Gasteiger partial charge in [-0.1, -0.05) is 52.7 Å². The van der Waals surface area contributed by atoms with Gasteiger partial charge < -0.3 is 21.1 Å². The lowest BCUT2D eigenvalue weighted by molar-refractivity contribution is -0.168. The zero-order valence-electron chi connectivity index (χ0n) is 38.1. The third-order valence-electron chi connectivity index (χ3n) is 13.9. The highest BCUT2D eigenvalue weighted by Crippen LogP contribution is 2.69. The van der Waals surface area contributed by atoms with Gasteiger partial charge in [0.05, 0.1) is 11.7 Å². The Morgan fingerprint density at radius 3 is 2.45 bits per heavy atom. The first-order valence-electron chi connectivity index (χ1n) is 23.1. The highest BCUT2D eigenvalue weighted by Gasteiger charge is 2.63. The fourth-order valence-electron chi connectivity index (χ4n) is 11.3. The summed E-state index contributed by atoms with van der Waals surface area (Å²) < 4.78 is 101. The molecule has 0 aliphatic heterocycles. The van der Waals surface area contributed by atoms with Crippen molar-refractivity contribution in [1.82, 2.24) is 10.6 Å². The van der Waals surface area contributed by atoms with Gasteiger partial charge in [0, 0.05) is 21.6 Å². The summed E-state index contributed by atoms with van der Waals surface area (Å²) in [5.74, 6) is -2.46. The molecule has 5 N–H and O–H groups in total. The highest BCUT2D eigenvalue weighted by molar-refractivity contribution is 7.80. The van der Waals surface area contributed by atoms with Crippen molar-refractivity contribution in [2.24, 2.45) is 58.0 Å². The van der Waals surface area contributed by atoms with Crippen LogP contribution in [0.3, 0.4) is 0 Å². The zero-order valence-corrected chi connectivity index (χ0v) is 31.9. The molecule has 5 rings (SSSR count). The Morgan fingerprint density at radius 2 is 1.73 bits per heavy atom. The summed E-state index contributed by atoms with van der Waals surface area (Å²) in [7, 11) is -5.28. The SMILES string of the molecule is [2H]C([2H])([2H])C([2H])(C(CC[C@@H](C)[C@H]1CCC2C3C(CC[C@@]21C)[C@@]1(C)CC[C@H](NCCCNCCCCN)C[C@@H]1C[C@H]3OC(=O)c1ccccc1)OS(=O)(=O)O)C([2H])([2H])[2H]. The Morgan fingerprint density at radius 1 is 1.00 bits per heavy atom. The molecule has 1 aromatic rings. The first-order valence-corrected chi connectivity index (χ1v) is 21.0. The van der Waals surface area contributed by atoms with Gasteiger partial charge in [-0.25, -0.2) is 8.98 Å². The number of hydrogen-bond donors (Lipinski definition) is 4. The molecule has 0 saturated heterocycles. The molecule has 10 heteroatoms. The van der Waals surface area contributed by atoms with Gasteiger partial charge in [-0.15, -0.1) is 0 Å². The number of carbonyl (C=O) groups excluding carboxylic acids is 1. The van der Waals surface area contributed by atoms with Crippen molar-refractivity contribution in [3.05, 3.63) is 35.9 Å². The summed E-state index contributed by atoms with van der Waals surface area (Å²) in [5, 5.41) is 7.36. The van der Waals surface area contributed by atoms with Crippen molar-refractivity contribution in [1.29, 1.82) is 0 Å². The molecule has 0 spiro atoms. The van der Waals surface area contributed by atoms with E-state index in [1.54, 1.807) is 12.1 Å². The molecule has 4 fully saturated rings. The van der Waals surface area contributed by atoms with Gasteiger partial charge in [0.1, 0.15) is 6.10 Å². The molecule has 0 amide bonds. The monoisotopic (exact) mass is 739 g/mol. The van der Waals surface area contributed by atoms with Crippen LogP contribution < -0.4 is 16.4 Å². The van der Waals surface area contributed by atoms with Crippen molar-refractivity contribution in [2.75, 3.05) is 26.2 Å². The van der Waals surface area contributed by atoms with Crippen LogP contribution in [-0.2, 0) is 19.3 Å². The molecule has 4 saturated carbocycles. The molecule has 4 aliphatic rings. The Labute approximate surface area is 319 Å². The highest BCUT2D eigenvalue weighted by atomic mass is 32.3. The lowest BCUT2D eigenvalue weighted by atomic mass is 9.43. The molecule has 0 aromatic heterocycles. The van der Waals surface area contributed by atoms with E-state index in [2.05, 4.69) is 24.5 Å². The van der Waals surface area contributed by atoms with Crippen LogP contribution in [0.2, 0.25) is 0 Å². The first-order chi connectivity index (χ1) is 27.1. The van der Waals surface area contributed by atoms with Gasteiger partial charge in [-0.3, -0.25) is 4.55 Å². The Kier molecular flexibility index (Phi) is 11.0. The molecule has 4 unspecified atom stereocenters. The maximum atomic E-state index is 13.8. The van der Waals surface area contributed by atoms with Crippen LogP contribution in [0, 0.1) is 52.2 Å². The minimum atomic E-state index is -5.28. The van der Waals surface area contributed by atoms with Gasteiger partial charge in [0.25, 0.3) is 0 Å². The van der Waals surface area contributed by atoms with Gasteiger partial charge in [0.2, 0.25) is 0 Å². The van der Waals surface area contributed by atoms with E-state index >= 15 is 0 Å². The molecular weight excluding hydrogens is 663 g/mol. The number of fused-ring (bicyclic) bond motifs is 5. The second kappa shape index (κ2) is 17.7. The summed E-state index contributed by atoms with van der Waals surface area (Å²) >= 11 is 0. The van der Waals surface area contributed by atoms with Crippen molar-refractivity contribution in [3.63, 3.8) is 0 Å². The quantitative estimate of drug-likeness (QED) is 0.0689. The third kappa shape index (κ3) is 9.76. The van der Waals surface area contributed by atoms with Gasteiger partial charge >= 0.3 is 16.4 Å². The fourth-order valence-corrected chi connectivity index (χ4v) is 11.8. The first kappa shape index (κ1) is 31.8. The largest absolute Gasteiger partial charge is 0.458 e. The standard InChI is InChI=1S/C41H69N3O6S/c1-28(2)36(50-51(46,47)48)17-14-29(3)33-15-16-34-38-35(19-21-41(33,34)5)40(4)20-18-32(44-25-11-24-43-23-10-9-22-42)26-31(40)27-37(38)49-39(45)30-12-7-6-8-13-30/h6-8,12-13,28-29,31-38,43-44H,9-11,14-27,42H2,1-5H3,(H,46,47,48)/t29-,31-,32+,33-,34?,35?,36?,37-,38?,40+,41-/m1/s1/i1D3,2D3,28D. The van der Waals surface area contributed by atoms with Crippen LogP contribution >= 0.6 is 0 Å². The van der Waals surface area contributed by atoms with Crippen molar-refractivity contribution in [3.8, 4) is 0 Å². The number of nitrogens with two attached hydrogens (primary N) is 1. The molecule has 4 aliphatic carbocycles. The third-order valence-corrected chi connectivity index (χ3v) is 14.4.